The Morgan fingerprint density at radius 3 is 2.85 bits per heavy atom. The van der Waals surface area contributed by atoms with Crippen molar-refractivity contribution in [3.05, 3.63) is 29.8 Å². The van der Waals surface area contributed by atoms with Crippen LogP contribution in [0.3, 0.4) is 0 Å². The van der Waals surface area contributed by atoms with Gasteiger partial charge in [-0.15, -0.1) is 0 Å². The molecule has 5 nitrogen and oxygen atoms in total. The minimum atomic E-state index is -0.907. The number of hydrogen-bond donors (Lipinski definition) is 3. The van der Waals surface area contributed by atoms with Gasteiger partial charge in [-0.3, -0.25) is 9.59 Å². The van der Waals surface area contributed by atoms with Gasteiger partial charge in [-0.2, -0.15) is 0 Å². The first-order valence-electron chi connectivity index (χ1n) is 6.92. The average Bonchev–Trinajstić information content (AvgIpc) is 2.41. The van der Waals surface area contributed by atoms with Crippen LogP contribution in [-0.2, 0) is 16.0 Å². The zero-order chi connectivity index (χ0) is 14.5. The summed E-state index contributed by atoms with van der Waals surface area (Å²) in [6.07, 6.45) is 2.02. The molecule has 1 fully saturated rings. The van der Waals surface area contributed by atoms with Crippen LogP contribution in [0.5, 0.6) is 0 Å². The van der Waals surface area contributed by atoms with Crippen molar-refractivity contribution in [1.29, 1.82) is 0 Å². The minimum Gasteiger partial charge on any atom is -0.481 e. The molecule has 5 heteroatoms. The normalized spacial score (nSPS) is 22.2. The molecule has 1 aromatic rings. The van der Waals surface area contributed by atoms with Gasteiger partial charge >= 0.3 is 5.97 Å². The maximum Gasteiger partial charge on any atom is 0.307 e. The summed E-state index contributed by atoms with van der Waals surface area (Å²) in [7, 11) is 0. The van der Waals surface area contributed by atoms with E-state index >= 15 is 0 Å². The summed E-state index contributed by atoms with van der Waals surface area (Å²) >= 11 is 0. The van der Waals surface area contributed by atoms with Crippen LogP contribution in [0, 0.1) is 5.92 Å². The molecule has 0 saturated carbocycles. The first-order chi connectivity index (χ1) is 9.58. The van der Waals surface area contributed by atoms with Crippen LogP contribution in [0.25, 0.3) is 0 Å². The number of amides is 1. The SMILES string of the molecule is CC1CCCNC1C(=O)Nc1ccccc1CC(=O)O. The van der Waals surface area contributed by atoms with Crippen LogP contribution in [0.2, 0.25) is 0 Å². The number of hydrogen-bond acceptors (Lipinski definition) is 3. The van der Waals surface area contributed by atoms with Crippen LogP contribution in [0.15, 0.2) is 24.3 Å². The van der Waals surface area contributed by atoms with E-state index in [0.717, 1.165) is 19.4 Å². The molecule has 0 bridgehead atoms. The Balaban J connectivity index is 2.09. The monoisotopic (exact) mass is 276 g/mol. The summed E-state index contributed by atoms with van der Waals surface area (Å²) in [4.78, 5) is 23.1. The second kappa shape index (κ2) is 6.52. The van der Waals surface area contributed by atoms with Crippen molar-refractivity contribution >= 4 is 17.6 Å². The number of piperidine rings is 1. The third kappa shape index (κ3) is 3.57. The molecule has 0 spiro atoms. The maximum absolute atomic E-state index is 12.3. The van der Waals surface area contributed by atoms with Gasteiger partial charge in [-0.25, -0.2) is 0 Å². The van der Waals surface area contributed by atoms with E-state index in [-0.39, 0.29) is 24.3 Å². The number of benzene rings is 1. The molecule has 0 aromatic heterocycles. The molecular formula is C15H20N2O3. The lowest BCUT2D eigenvalue weighted by Gasteiger charge is -2.29. The summed E-state index contributed by atoms with van der Waals surface area (Å²) in [6.45, 7) is 2.90. The number of carboxylic acids is 1. The van der Waals surface area contributed by atoms with Gasteiger partial charge in [0.1, 0.15) is 0 Å². The van der Waals surface area contributed by atoms with Gasteiger partial charge in [0.15, 0.2) is 0 Å². The van der Waals surface area contributed by atoms with Gasteiger partial charge in [0, 0.05) is 5.69 Å². The largest absolute Gasteiger partial charge is 0.481 e. The quantitative estimate of drug-likeness (QED) is 0.781. The van der Waals surface area contributed by atoms with Crippen molar-refractivity contribution in [3.63, 3.8) is 0 Å². The Bertz CT molecular complexity index is 502. The maximum atomic E-state index is 12.3. The fourth-order valence-corrected chi connectivity index (χ4v) is 2.57. The predicted octanol–water partition coefficient (Wildman–Crippen LogP) is 1.64. The molecule has 2 unspecified atom stereocenters. The lowest BCUT2D eigenvalue weighted by Crippen LogP contribution is -2.48. The second-order valence-corrected chi connectivity index (χ2v) is 5.27. The highest BCUT2D eigenvalue weighted by molar-refractivity contribution is 5.96. The number of nitrogens with one attached hydrogen (secondary N) is 2. The summed E-state index contributed by atoms with van der Waals surface area (Å²) in [6, 6.07) is 6.82. The molecule has 108 valence electrons. The summed E-state index contributed by atoms with van der Waals surface area (Å²) in [5.41, 5.74) is 1.20. The summed E-state index contributed by atoms with van der Waals surface area (Å²) < 4.78 is 0. The van der Waals surface area contributed by atoms with E-state index in [2.05, 4.69) is 17.6 Å². The fourth-order valence-electron chi connectivity index (χ4n) is 2.57. The molecule has 3 N–H and O–H groups in total. The molecule has 0 radical (unpaired) electrons. The number of anilines is 1. The van der Waals surface area contributed by atoms with Crippen LogP contribution in [0.1, 0.15) is 25.3 Å². The van der Waals surface area contributed by atoms with E-state index in [4.69, 9.17) is 5.11 Å². The third-order valence-corrected chi connectivity index (χ3v) is 3.67. The van der Waals surface area contributed by atoms with Crippen LogP contribution >= 0.6 is 0 Å². The molecule has 1 heterocycles. The van der Waals surface area contributed by atoms with Crippen molar-refractivity contribution in [1.82, 2.24) is 5.32 Å². The standard InChI is InChI=1S/C15H20N2O3/c1-10-5-4-8-16-14(10)15(20)17-12-7-3-2-6-11(12)9-13(18)19/h2-3,6-7,10,14,16H,4-5,8-9H2,1H3,(H,17,20)(H,18,19). The van der Waals surface area contributed by atoms with Gasteiger partial charge in [0.2, 0.25) is 5.91 Å². The van der Waals surface area contributed by atoms with E-state index in [0.29, 0.717) is 11.3 Å². The summed E-state index contributed by atoms with van der Waals surface area (Å²) in [5.74, 6) is -0.707. The van der Waals surface area contributed by atoms with Crippen molar-refractivity contribution in [2.24, 2.45) is 5.92 Å². The zero-order valence-electron chi connectivity index (χ0n) is 11.6. The number of rotatable bonds is 4. The second-order valence-electron chi connectivity index (χ2n) is 5.27. The molecule has 1 aliphatic rings. The average molecular weight is 276 g/mol. The summed E-state index contributed by atoms with van der Waals surface area (Å²) in [5, 5.41) is 15.0. The zero-order valence-corrected chi connectivity index (χ0v) is 11.6. The molecular weight excluding hydrogens is 256 g/mol. The molecule has 0 aliphatic carbocycles. The highest BCUT2D eigenvalue weighted by Gasteiger charge is 2.27. The highest BCUT2D eigenvalue weighted by atomic mass is 16.4. The molecule has 2 rings (SSSR count). The smallest absolute Gasteiger partial charge is 0.307 e. The third-order valence-electron chi connectivity index (χ3n) is 3.67. The Kier molecular flexibility index (Phi) is 4.74. The molecule has 2 atom stereocenters. The van der Waals surface area contributed by atoms with Crippen LogP contribution in [-0.4, -0.2) is 29.6 Å². The van der Waals surface area contributed by atoms with E-state index in [9.17, 15) is 9.59 Å². The van der Waals surface area contributed by atoms with Gasteiger partial charge in [-0.05, 0) is 36.9 Å². The van der Waals surface area contributed by atoms with Crippen molar-refractivity contribution in [2.75, 3.05) is 11.9 Å². The van der Waals surface area contributed by atoms with Gasteiger partial charge in [-0.1, -0.05) is 25.1 Å². The van der Waals surface area contributed by atoms with Gasteiger partial charge < -0.3 is 15.7 Å². The molecule has 1 aliphatic heterocycles. The number of carbonyl (C=O) groups excluding carboxylic acids is 1. The van der Waals surface area contributed by atoms with E-state index in [1.807, 2.05) is 0 Å². The number of carbonyl (C=O) groups is 2. The number of carboxylic acid groups (broad SMARTS) is 1. The Labute approximate surface area is 118 Å². The van der Waals surface area contributed by atoms with Crippen molar-refractivity contribution in [2.45, 2.75) is 32.2 Å². The molecule has 1 aromatic carbocycles. The highest BCUT2D eigenvalue weighted by Crippen LogP contribution is 2.20. The Morgan fingerprint density at radius 2 is 2.15 bits per heavy atom. The number of aliphatic carboxylic acids is 1. The van der Waals surface area contributed by atoms with Crippen LogP contribution < -0.4 is 10.6 Å². The van der Waals surface area contributed by atoms with Crippen LogP contribution in [0.4, 0.5) is 5.69 Å². The Hall–Kier alpha value is -1.88. The first-order valence-corrected chi connectivity index (χ1v) is 6.92. The first kappa shape index (κ1) is 14.5. The lowest BCUT2D eigenvalue weighted by molar-refractivity contribution is -0.136. The van der Waals surface area contributed by atoms with E-state index < -0.39 is 5.97 Å². The molecule has 20 heavy (non-hydrogen) atoms. The van der Waals surface area contributed by atoms with Gasteiger partial charge in [0.25, 0.3) is 0 Å². The van der Waals surface area contributed by atoms with E-state index in [1.54, 1.807) is 24.3 Å². The lowest BCUT2D eigenvalue weighted by atomic mass is 9.92. The minimum absolute atomic E-state index is 0.0879. The molecule has 1 saturated heterocycles. The van der Waals surface area contributed by atoms with E-state index in [1.165, 1.54) is 0 Å². The van der Waals surface area contributed by atoms with Crippen molar-refractivity contribution in [3.8, 4) is 0 Å². The van der Waals surface area contributed by atoms with Gasteiger partial charge in [0.05, 0.1) is 12.5 Å². The Morgan fingerprint density at radius 1 is 1.40 bits per heavy atom. The fraction of sp³-hybridized carbons (Fsp3) is 0.467. The number of para-hydroxylation sites is 1. The predicted molar refractivity (Wildman–Crippen MR) is 76.6 cm³/mol. The topological polar surface area (TPSA) is 78.4 Å². The molecule has 1 amide bonds. The van der Waals surface area contributed by atoms with Crippen molar-refractivity contribution < 1.29 is 14.7 Å².